The van der Waals surface area contributed by atoms with E-state index in [1.54, 1.807) is 4.90 Å². The zero-order chi connectivity index (χ0) is 14.1. The van der Waals surface area contributed by atoms with E-state index in [1.165, 1.54) is 7.11 Å². The summed E-state index contributed by atoms with van der Waals surface area (Å²) in [5.74, 6) is 2.35. The van der Waals surface area contributed by atoms with Crippen molar-refractivity contribution in [3.05, 3.63) is 0 Å². The van der Waals surface area contributed by atoms with Gasteiger partial charge in [-0.15, -0.1) is 6.42 Å². The van der Waals surface area contributed by atoms with Crippen LogP contribution in [0.5, 0.6) is 0 Å². The van der Waals surface area contributed by atoms with Crippen LogP contribution in [0.4, 0.5) is 0 Å². The molecule has 2 amide bonds. The van der Waals surface area contributed by atoms with Crippen LogP contribution in [-0.4, -0.2) is 62.7 Å². The second kappa shape index (κ2) is 8.51. The molecule has 0 bridgehead atoms. The molecule has 1 aliphatic rings. The predicted octanol–water partition coefficient (Wildman–Crippen LogP) is -1.04. The summed E-state index contributed by atoms with van der Waals surface area (Å²) >= 11 is 0. The Morgan fingerprint density at radius 2 is 2.11 bits per heavy atom. The number of nitrogens with zero attached hydrogens (tertiary/aromatic N) is 1. The number of likely N-dealkylation sites (tertiary alicyclic amines) is 1. The normalized spacial score (nSPS) is 15.9. The van der Waals surface area contributed by atoms with E-state index in [0.29, 0.717) is 19.6 Å². The number of nitrogens with one attached hydrogen (secondary N) is 2. The Balaban J connectivity index is 2.21. The molecule has 1 fully saturated rings. The molecular formula is C13H21N3O3. The largest absolute Gasteiger partial charge is 0.375 e. The van der Waals surface area contributed by atoms with E-state index in [0.717, 1.165) is 12.8 Å². The quantitative estimate of drug-likeness (QED) is 0.476. The van der Waals surface area contributed by atoms with E-state index < -0.39 is 0 Å². The Morgan fingerprint density at radius 1 is 1.42 bits per heavy atom. The maximum Gasteiger partial charge on any atom is 0.248 e. The number of carbonyl (C=O) groups excluding carboxylic acids is 2. The Bertz CT molecular complexity index is 344. The Hall–Kier alpha value is -1.58. The highest BCUT2D eigenvalue weighted by Gasteiger charge is 2.23. The fourth-order valence-electron chi connectivity index (χ4n) is 2.01. The molecule has 0 radical (unpaired) electrons. The molecule has 0 atom stereocenters. The third-order valence-electron chi connectivity index (χ3n) is 2.99. The van der Waals surface area contributed by atoms with Crippen LogP contribution in [0.2, 0.25) is 0 Å². The minimum absolute atomic E-state index is 0.00274. The van der Waals surface area contributed by atoms with Crippen LogP contribution in [-0.2, 0) is 14.3 Å². The lowest BCUT2D eigenvalue weighted by molar-refractivity contribution is -0.136. The van der Waals surface area contributed by atoms with Gasteiger partial charge in [-0.05, 0) is 12.8 Å². The van der Waals surface area contributed by atoms with Gasteiger partial charge in [0.1, 0.15) is 6.61 Å². The zero-order valence-corrected chi connectivity index (χ0v) is 11.3. The summed E-state index contributed by atoms with van der Waals surface area (Å²) in [6.45, 7) is 2.05. The molecule has 19 heavy (non-hydrogen) atoms. The summed E-state index contributed by atoms with van der Waals surface area (Å²) in [7, 11) is 1.51. The van der Waals surface area contributed by atoms with E-state index >= 15 is 0 Å². The highest BCUT2D eigenvalue weighted by Crippen LogP contribution is 2.10. The Kier molecular flexibility index (Phi) is 6.93. The molecular weight excluding hydrogens is 246 g/mol. The van der Waals surface area contributed by atoms with Crippen molar-refractivity contribution in [2.75, 3.05) is 39.9 Å². The van der Waals surface area contributed by atoms with Crippen molar-refractivity contribution in [2.45, 2.75) is 18.9 Å². The Labute approximate surface area is 113 Å². The van der Waals surface area contributed by atoms with Crippen LogP contribution < -0.4 is 10.6 Å². The number of amides is 2. The van der Waals surface area contributed by atoms with Crippen LogP contribution in [0.3, 0.4) is 0 Å². The number of piperidine rings is 1. The minimum atomic E-state index is -0.0584. The van der Waals surface area contributed by atoms with Crippen LogP contribution in [0.25, 0.3) is 0 Å². The maximum absolute atomic E-state index is 11.6. The van der Waals surface area contributed by atoms with Crippen LogP contribution in [0.15, 0.2) is 0 Å². The van der Waals surface area contributed by atoms with Crippen LogP contribution in [0.1, 0.15) is 12.8 Å². The fraction of sp³-hybridized carbons (Fsp3) is 0.692. The third kappa shape index (κ3) is 5.73. The van der Waals surface area contributed by atoms with E-state index in [2.05, 4.69) is 16.6 Å². The molecule has 1 saturated heterocycles. The van der Waals surface area contributed by atoms with Crippen molar-refractivity contribution in [1.29, 1.82) is 0 Å². The van der Waals surface area contributed by atoms with E-state index in [-0.39, 0.29) is 31.0 Å². The fourth-order valence-corrected chi connectivity index (χ4v) is 2.01. The van der Waals surface area contributed by atoms with Gasteiger partial charge < -0.3 is 15.0 Å². The number of rotatable bonds is 6. The van der Waals surface area contributed by atoms with Crippen LogP contribution >= 0.6 is 0 Å². The zero-order valence-electron chi connectivity index (χ0n) is 11.3. The first-order valence-electron chi connectivity index (χ1n) is 6.37. The molecule has 0 unspecified atom stereocenters. The molecule has 1 heterocycles. The van der Waals surface area contributed by atoms with Gasteiger partial charge in [0.15, 0.2) is 0 Å². The number of hydrogen-bond acceptors (Lipinski definition) is 4. The molecule has 0 aromatic heterocycles. The highest BCUT2D eigenvalue weighted by molar-refractivity contribution is 5.79. The van der Waals surface area contributed by atoms with Crippen molar-refractivity contribution in [3.8, 4) is 12.3 Å². The second-order valence-corrected chi connectivity index (χ2v) is 4.46. The van der Waals surface area contributed by atoms with Gasteiger partial charge in [-0.25, -0.2) is 0 Å². The summed E-state index contributed by atoms with van der Waals surface area (Å²) in [6, 6.07) is 0.131. The average Bonchev–Trinajstić information content (AvgIpc) is 2.40. The molecule has 0 saturated carbocycles. The molecule has 0 spiro atoms. The molecule has 0 aliphatic carbocycles. The maximum atomic E-state index is 11.6. The van der Waals surface area contributed by atoms with Gasteiger partial charge in [0.05, 0.1) is 13.1 Å². The summed E-state index contributed by atoms with van der Waals surface area (Å²) in [5.41, 5.74) is 0. The van der Waals surface area contributed by atoms with Crippen molar-refractivity contribution in [3.63, 3.8) is 0 Å². The van der Waals surface area contributed by atoms with Crippen molar-refractivity contribution >= 4 is 11.8 Å². The van der Waals surface area contributed by atoms with Crippen molar-refractivity contribution < 1.29 is 14.3 Å². The summed E-state index contributed by atoms with van der Waals surface area (Å²) in [5, 5.41) is 5.77. The molecule has 6 heteroatoms. The molecule has 2 N–H and O–H groups in total. The molecule has 106 valence electrons. The minimum Gasteiger partial charge on any atom is -0.375 e. The number of methoxy groups -OCH3 is 1. The second-order valence-electron chi connectivity index (χ2n) is 4.46. The first-order valence-corrected chi connectivity index (χ1v) is 6.37. The summed E-state index contributed by atoms with van der Waals surface area (Å²) < 4.78 is 4.82. The first kappa shape index (κ1) is 15.5. The lowest BCUT2D eigenvalue weighted by Gasteiger charge is -2.32. The van der Waals surface area contributed by atoms with Gasteiger partial charge in [-0.2, -0.15) is 0 Å². The van der Waals surface area contributed by atoms with Gasteiger partial charge in [-0.3, -0.25) is 14.9 Å². The summed E-state index contributed by atoms with van der Waals surface area (Å²) in [4.78, 5) is 24.9. The van der Waals surface area contributed by atoms with Crippen molar-refractivity contribution in [1.82, 2.24) is 15.5 Å². The number of ether oxygens (including phenoxy) is 1. The molecule has 6 nitrogen and oxygen atoms in total. The lowest BCUT2D eigenvalue weighted by Crippen LogP contribution is -2.48. The van der Waals surface area contributed by atoms with E-state index in [1.807, 2.05) is 0 Å². The van der Waals surface area contributed by atoms with Gasteiger partial charge in [0.2, 0.25) is 11.8 Å². The molecule has 1 rings (SSSR count). The van der Waals surface area contributed by atoms with Gasteiger partial charge in [0, 0.05) is 26.2 Å². The first-order chi connectivity index (χ1) is 9.17. The van der Waals surface area contributed by atoms with Gasteiger partial charge >= 0.3 is 0 Å². The SMILES string of the molecule is C#CCNCC(=O)NC1CCN(C(=O)COC)CC1. The lowest BCUT2D eigenvalue weighted by atomic mass is 10.0. The van der Waals surface area contributed by atoms with Crippen molar-refractivity contribution in [2.24, 2.45) is 0 Å². The number of carbonyl (C=O) groups is 2. The van der Waals surface area contributed by atoms with Crippen LogP contribution in [0, 0.1) is 12.3 Å². The van der Waals surface area contributed by atoms with E-state index in [9.17, 15) is 9.59 Å². The highest BCUT2D eigenvalue weighted by atomic mass is 16.5. The molecule has 1 aliphatic heterocycles. The van der Waals surface area contributed by atoms with E-state index in [4.69, 9.17) is 11.2 Å². The summed E-state index contributed by atoms with van der Waals surface area (Å²) in [6.07, 6.45) is 6.62. The molecule has 0 aromatic carbocycles. The van der Waals surface area contributed by atoms with Gasteiger partial charge in [-0.1, -0.05) is 5.92 Å². The standard InChI is InChI=1S/C13H21N3O3/c1-3-6-14-9-12(17)15-11-4-7-16(8-5-11)13(18)10-19-2/h1,11,14H,4-10H2,2H3,(H,15,17). The Morgan fingerprint density at radius 3 is 2.68 bits per heavy atom. The number of hydrogen-bond donors (Lipinski definition) is 2. The van der Waals surface area contributed by atoms with Gasteiger partial charge in [0.25, 0.3) is 0 Å². The monoisotopic (exact) mass is 267 g/mol. The smallest absolute Gasteiger partial charge is 0.248 e. The molecule has 0 aromatic rings. The number of terminal acetylenes is 1. The third-order valence-corrected chi connectivity index (χ3v) is 2.99. The average molecular weight is 267 g/mol. The predicted molar refractivity (Wildman–Crippen MR) is 71.3 cm³/mol. The topological polar surface area (TPSA) is 70.7 Å².